The third kappa shape index (κ3) is 8.41. The highest BCUT2D eigenvalue weighted by molar-refractivity contribution is 5.77. The standard InChI is InChI=1S/C16H34N4/c1-3-4-5-6-7-8-11-18-16(17)19-13-15-10-9-12-20(2)14-15/h15H,3-14H2,1-2H3,(H3,17,18,19). The second-order valence-electron chi connectivity index (χ2n) is 6.19. The lowest BCUT2D eigenvalue weighted by molar-refractivity contribution is 0.214. The molecular formula is C16H34N4. The summed E-state index contributed by atoms with van der Waals surface area (Å²) in [6.45, 7) is 6.48. The SMILES string of the molecule is CCCCCCCCNC(N)=NCC1CCCN(C)C1. The molecule has 1 heterocycles. The van der Waals surface area contributed by atoms with Crippen LogP contribution in [0.5, 0.6) is 0 Å². The molecule has 0 saturated carbocycles. The van der Waals surface area contributed by atoms with Crippen molar-refractivity contribution in [3.05, 3.63) is 0 Å². The van der Waals surface area contributed by atoms with E-state index < -0.39 is 0 Å². The van der Waals surface area contributed by atoms with Gasteiger partial charge in [0.15, 0.2) is 5.96 Å². The molecule has 20 heavy (non-hydrogen) atoms. The second kappa shape index (κ2) is 11.0. The fourth-order valence-corrected chi connectivity index (χ4v) is 2.83. The maximum Gasteiger partial charge on any atom is 0.188 e. The summed E-state index contributed by atoms with van der Waals surface area (Å²) in [6, 6.07) is 0. The van der Waals surface area contributed by atoms with Crippen LogP contribution in [-0.2, 0) is 0 Å². The van der Waals surface area contributed by atoms with Crippen LogP contribution < -0.4 is 11.1 Å². The van der Waals surface area contributed by atoms with Crippen LogP contribution in [0.4, 0.5) is 0 Å². The molecule has 1 aliphatic heterocycles. The van der Waals surface area contributed by atoms with Gasteiger partial charge in [0.2, 0.25) is 0 Å². The minimum absolute atomic E-state index is 0.631. The van der Waals surface area contributed by atoms with Gasteiger partial charge < -0.3 is 16.0 Å². The van der Waals surface area contributed by atoms with Crippen LogP contribution >= 0.6 is 0 Å². The maximum atomic E-state index is 5.91. The number of nitrogens with two attached hydrogens (primary N) is 1. The average Bonchev–Trinajstić information content (AvgIpc) is 2.44. The van der Waals surface area contributed by atoms with Gasteiger partial charge in [-0.15, -0.1) is 0 Å². The molecule has 0 aromatic rings. The third-order valence-corrected chi connectivity index (χ3v) is 4.08. The van der Waals surface area contributed by atoms with Crippen LogP contribution in [0.3, 0.4) is 0 Å². The summed E-state index contributed by atoms with van der Waals surface area (Å²) < 4.78 is 0. The predicted octanol–water partition coefficient (Wildman–Crippen LogP) is 2.59. The Morgan fingerprint density at radius 1 is 1.25 bits per heavy atom. The van der Waals surface area contributed by atoms with Gasteiger partial charge in [-0.1, -0.05) is 39.0 Å². The number of unbranched alkanes of at least 4 members (excludes halogenated alkanes) is 5. The van der Waals surface area contributed by atoms with Crippen molar-refractivity contribution in [1.82, 2.24) is 10.2 Å². The van der Waals surface area contributed by atoms with Crippen molar-refractivity contribution in [2.75, 3.05) is 33.2 Å². The largest absolute Gasteiger partial charge is 0.370 e. The van der Waals surface area contributed by atoms with E-state index in [0.29, 0.717) is 11.9 Å². The van der Waals surface area contributed by atoms with Crippen LogP contribution in [0.1, 0.15) is 58.3 Å². The topological polar surface area (TPSA) is 53.6 Å². The van der Waals surface area contributed by atoms with Crippen molar-refractivity contribution < 1.29 is 0 Å². The number of piperidine rings is 1. The lowest BCUT2D eigenvalue weighted by Crippen LogP contribution is -2.36. The number of aliphatic imine (C=N–C) groups is 1. The first-order valence-corrected chi connectivity index (χ1v) is 8.44. The van der Waals surface area contributed by atoms with E-state index in [9.17, 15) is 0 Å². The van der Waals surface area contributed by atoms with Gasteiger partial charge in [0.25, 0.3) is 0 Å². The van der Waals surface area contributed by atoms with E-state index >= 15 is 0 Å². The number of guanidine groups is 1. The molecule has 0 bridgehead atoms. The molecular weight excluding hydrogens is 248 g/mol. The van der Waals surface area contributed by atoms with Gasteiger partial charge in [-0.05, 0) is 38.8 Å². The van der Waals surface area contributed by atoms with Gasteiger partial charge in [-0.3, -0.25) is 4.99 Å². The predicted molar refractivity (Wildman–Crippen MR) is 88.1 cm³/mol. The first-order valence-electron chi connectivity index (χ1n) is 8.44. The molecule has 0 aromatic heterocycles. The van der Waals surface area contributed by atoms with Gasteiger partial charge in [-0.25, -0.2) is 0 Å². The summed E-state index contributed by atoms with van der Waals surface area (Å²) in [5.41, 5.74) is 5.91. The number of rotatable bonds is 9. The van der Waals surface area contributed by atoms with E-state index in [-0.39, 0.29) is 0 Å². The van der Waals surface area contributed by atoms with Gasteiger partial charge in [0.1, 0.15) is 0 Å². The Morgan fingerprint density at radius 2 is 2.00 bits per heavy atom. The fourth-order valence-electron chi connectivity index (χ4n) is 2.83. The van der Waals surface area contributed by atoms with Gasteiger partial charge in [0, 0.05) is 19.6 Å². The molecule has 118 valence electrons. The van der Waals surface area contributed by atoms with E-state index in [1.165, 1.54) is 57.9 Å². The maximum absolute atomic E-state index is 5.91. The smallest absolute Gasteiger partial charge is 0.188 e. The summed E-state index contributed by atoms with van der Waals surface area (Å²) in [6.07, 6.45) is 10.5. The Hall–Kier alpha value is -0.770. The molecule has 1 fully saturated rings. The van der Waals surface area contributed by atoms with Crippen molar-refractivity contribution in [3.63, 3.8) is 0 Å². The summed E-state index contributed by atoms with van der Waals surface area (Å²) >= 11 is 0. The van der Waals surface area contributed by atoms with Crippen LogP contribution in [0.2, 0.25) is 0 Å². The van der Waals surface area contributed by atoms with E-state index in [1.807, 2.05) is 0 Å². The van der Waals surface area contributed by atoms with Crippen molar-refractivity contribution in [1.29, 1.82) is 0 Å². The zero-order valence-corrected chi connectivity index (χ0v) is 13.5. The van der Waals surface area contributed by atoms with Crippen molar-refractivity contribution in [3.8, 4) is 0 Å². The number of hydrogen-bond acceptors (Lipinski definition) is 2. The van der Waals surface area contributed by atoms with Crippen molar-refractivity contribution >= 4 is 5.96 Å². The fraction of sp³-hybridized carbons (Fsp3) is 0.938. The molecule has 0 spiro atoms. The van der Waals surface area contributed by atoms with E-state index in [1.54, 1.807) is 0 Å². The Bertz CT molecular complexity index is 265. The van der Waals surface area contributed by atoms with Crippen molar-refractivity contribution in [2.24, 2.45) is 16.6 Å². The van der Waals surface area contributed by atoms with E-state index in [0.717, 1.165) is 19.6 Å². The number of hydrogen-bond donors (Lipinski definition) is 2. The number of nitrogens with one attached hydrogen (secondary N) is 1. The van der Waals surface area contributed by atoms with Crippen LogP contribution in [0.15, 0.2) is 4.99 Å². The molecule has 1 rings (SSSR count). The van der Waals surface area contributed by atoms with Crippen LogP contribution in [0, 0.1) is 5.92 Å². The Kier molecular flexibility index (Phi) is 9.46. The van der Waals surface area contributed by atoms with Crippen LogP contribution in [0.25, 0.3) is 0 Å². The highest BCUT2D eigenvalue weighted by Crippen LogP contribution is 2.14. The van der Waals surface area contributed by atoms with E-state index in [2.05, 4.69) is 29.2 Å². The molecule has 3 N–H and O–H groups in total. The minimum atomic E-state index is 0.631. The highest BCUT2D eigenvalue weighted by Gasteiger charge is 2.16. The molecule has 0 radical (unpaired) electrons. The Balaban J connectivity index is 2.00. The first kappa shape index (κ1) is 17.3. The summed E-state index contributed by atoms with van der Waals surface area (Å²) in [5, 5.41) is 3.24. The summed E-state index contributed by atoms with van der Waals surface area (Å²) in [5.74, 6) is 1.31. The molecule has 0 aliphatic carbocycles. The van der Waals surface area contributed by atoms with E-state index in [4.69, 9.17) is 5.73 Å². The first-order chi connectivity index (χ1) is 9.72. The molecule has 0 aromatic carbocycles. The lowest BCUT2D eigenvalue weighted by atomic mass is 9.99. The third-order valence-electron chi connectivity index (χ3n) is 4.08. The Morgan fingerprint density at radius 3 is 2.75 bits per heavy atom. The zero-order chi connectivity index (χ0) is 14.6. The Labute approximate surface area is 125 Å². The minimum Gasteiger partial charge on any atom is -0.370 e. The second-order valence-corrected chi connectivity index (χ2v) is 6.19. The summed E-state index contributed by atoms with van der Waals surface area (Å²) in [7, 11) is 2.19. The average molecular weight is 282 g/mol. The normalized spacial score (nSPS) is 21.1. The lowest BCUT2D eigenvalue weighted by Gasteiger charge is -2.28. The number of nitrogens with zero attached hydrogens (tertiary/aromatic N) is 2. The molecule has 4 nitrogen and oxygen atoms in total. The quantitative estimate of drug-likeness (QED) is 0.388. The zero-order valence-electron chi connectivity index (χ0n) is 13.5. The summed E-state index contributed by atoms with van der Waals surface area (Å²) in [4.78, 5) is 6.88. The van der Waals surface area contributed by atoms with Gasteiger partial charge >= 0.3 is 0 Å². The monoisotopic (exact) mass is 282 g/mol. The molecule has 0 amide bonds. The molecule has 1 unspecified atom stereocenters. The van der Waals surface area contributed by atoms with Gasteiger partial charge in [-0.2, -0.15) is 0 Å². The van der Waals surface area contributed by atoms with Gasteiger partial charge in [0.05, 0.1) is 0 Å². The molecule has 4 heteroatoms. The highest BCUT2D eigenvalue weighted by atomic mass is 15.1. The number of likely N-dealkylation sites (tertiary alicyclic amines) is 1. The van der Waals surface area contributed by atoms with Crippen LogP contribution in [-0.4, -0.2) is 44.1 Å². The molecule has 1 aliphatic rings. The molecule has 1 saturated heterocycles. The molecule has 1 atom stereocenters. The van der Waals surface area contributed by atoms with Crippen molar-refractivity contribution in [2.45, 2.75) is 58.3 Å².